The Kier molecular flexibility index (Phi) is 7.27. The molecule has 5 rings (SSSR count). The van der Waals surface area contributed by atoms with Crippen LogP contribution in [0.3, 0.4) is 0 Å². The zero-order valence-electron chi connectivity index (χ0n) is 19.8. The number of carbonyl (C=O) groups excluding carboxylic acids is 1. The zero-order chi connectivity index (χ0) is 23.9. The molecule has 4 aromatic rings. The minimum absolute atomic E-state index is 0.206. The highest BCUT2D eigenvalue weighted by atomic mass is 16.2. The van der Waals surface area contributed by atoms with Crippen LogP contribution in [0, 0.1) is 0 Å². The molecule has 0 radical (unpaired) electrons. The summed E-state index contributed by atoms with van der Waals surface area (Å²) in [6.45, 7) is 6.17. The lowest BCUT2D eigenvalue weighted by Crippen LogP contribution is -2.45. The monoisotopic (exact) mass is 462 g/mol. The van der Waals surface area contributed by atoms with E-state index in [1.54, 1.807) is 6.21 Å². The third-order valence-electron chi connectivity index (χ3n) is 6.53. The van der Waals surface area contributed by atoms with Gasteiger partial charge in [0.2, 0.25) is 0 Å². The Bertz CT molecular complexity index is 1290. The number of benzene rings is 4. The van der Waals surface area contributed by atoms with Crippen molar-refractivity contribution in [3.63, 3.8) is 0 Å². The number of nitrogens with one attached hydrogen (secondary N) is 1. The van der Waals surface area contributed by atoms with E-state index in [-0.39, 0.29) is 5.91 Å². The van der Waals surface area contributed by atoms with E-state index in [9.17, 15) is 4.79 Å². The van der Waals surface area contributed by atoms with E-state index in [1.165, 1.54) is 11.1 Å². The second-order valence-corrected chi connectivity index (χ2v) is 9.00. The van der Waals surface area contributed by atoms with Crippen molar-refractivity contribution in [2.75, 3.05) is 26.2 Å². The molecule has 5 nitrogen and oxygen atoms in total. The summed E-state index contributed by atoms with van der Waals surface area (Å²) in [5, 5.41) is 6.44. The average molecular weight is 463 g/mol. The Balaban J connectivity index is 1.11. The molecule has 176 valence electrons. The summed E-state index contributed by atoms with van der Waals surface area (Å²) in [5.41, 5.74) is 6.83. The molecule has 0 unspecified atom stereocenters. The second kappa shape index (κ2) is 11.1. The van der Waals surface area contributed by atoms with E-state index in [1.807, 2.05) is 48.5 Å². The molecule has 1 saturated heterocycles. The molecule has 1 fully saturated rings. The van der Waals surface area contributed by atoms with Gasteiger partial charge in [0.05, 0.1) is 6.21 Å². The van der Waals surface area contributed by atoms with Gasteiger partial charge in [0.1, 0.15) is 0 Å². The minimum atomic E-state index is -0.206. The van der Waals surface area contributed by atoms with Gasteiger partial charge in [-0.1, -0.05) is 84.9 Å². The van der Waals surface area contributed by atoms with Gasteiger partial charge in [0, 0.05) is 50.4 Å². The number of nitrogens with zero attached hydrogens (tertiary/aromatic N) is 3. The van der Waals surface area contributed by atoms with Crippen molar-refractivity contribution in [3.05, 3.63) is 119 Å². The molecule has 0 saturated carbocycles. The molecule has 1 N–H and O–H groups in total. The van der Waals surface area contributed by atoms with Crippen LogP contribution in [0.25, 0.3) is 10.8 Å². The molecule has 0 aliphatic carbocycles. The lowest BCUT2D eigenvalue weighted by atomic mass is 10.1. The van der Waals surface area contributed by atoms with Crippen LogP contribution in [0.4, 0.5) is 0 Å². The van der Waals surface area contributed by atoms with Crippen molar-refractivity contribution < 1.29 is 4.79 Å². The molecule has 0 atom stereocenters. The number of hydrazone groups is 1. The third-order valence-corrected chi connectivity index (χ3v) is 6.53. The molecular weight excluding hydrogens is 432 g/mol. The first-order valence-corrected chi connectivity index (χ1v) is 12.1. The predicted molar refractivity (Wildman–Crippen MR) is 142 cm³/mol. The van der Waals surface area contributed by atoms with Crippen molar-refractivity contribution in [2.45, 2.75) is 13.1 Å². The number of piperazine rings is 1. The van der Waals surface area contributed by atoms with Gasteiger partial charge in [-0.25, -0.2) is 5.43 Å². The number of rotatable bonds is 7. The number of hydrogen-bond donors (Lipinski definition) is 1. The molecule has 1 amide bonds. The molecule has 35 heavy (non-hydrogen) atoms. The van der Waals surface area contributed by atoms with Crippen molar-refractivity contribution >= 4 is 22.9 Å². The van der Waals surface area contributed by atoms with E-state index >= 15 is 0 Å². The first-order valence-electron chi connectivity index (χ1n) is 12.1. The highest BCUT2D eigenvalue weighted by Crippen LogP contribution is 2.17. The lowest BCUT2D eigenvalue weighted by molar-refractivity contribution is 0.0955. The van der Waals surface area contributed by atoms with E-state index in [0.29, 0.717) is 5.56 Å². The fraction of sp³-hybridized carbons (Fsp3) is 0.200. The van der Waals surface area contributed by atoms with Crippen LogP contribution in [-0.2, 0) is 13.1 Å². The molecule has 1 heterocycles. The van der Waals surface area contributed by atoms with Crippen LogP contribution in [0.15, 0.2) is 102 Å². The summed E-state index contributed by atoms with van der Waals surface area (Å²) in [6, 6.07) is 32.7. The van der Waals surface area contributed by atoms with Gasteiger partial charge in [-0.15, -0.1) is 0 Å². The van der Waals surface area contributed by atoms with Gasteiger partial charge >= 0.3 is 0 Å². The average Bonchev–Trinajstić information content (AvgIpc) is 2.91. The van der Waals surface area contributed by atoms with E-state index in [0.717, 1.165) is 55.6 Å². The summed E-state index contributed by atoms with van der Waals surface area (Å²) in [7, 11) is 0. The number of hydrogen-bond acceptors (Lipinski definition) is 4. The number of amides is 1. The highest BCUT2D eigenvalue weighted by Gasteiger charge is 2.17. The fourth-order valence-corrected chi connectivity index (χ4v) is 4.55. The Hall–Kier alpha value is -3.80. The summed E-state index contributed by atoms with van der Waals surface area (Å²) < 4.78 is 0. The number of carbonyl (C=O) groups is 1. The lowest BCUT2D eigenvalue weighted by Gasteiger charge is -2.34. The van der Waals surface area contributed by atoms with Crippen LogP contribution in [0.1, 0.15) is 27.0 Å². The molecule has 4 aromatic carbocycles. The van der Waals surface area contributed by atoms with Gasteiger partial charge in [-0.05, 0) is 34.0 Å². The molecule has 1 aliphatic heterocycles. The smallest absolute Gasteiger partial charge is 0.271 e. The predicted octanol–water partition coefficient (Wildman–Crippen LogP) is 4.92. The van der Waals surface area contributed by atoms with Crippen molar-refractivity contribution in [2.24, 2.45) is 5.10 Å². The van der Waals surface area contributed by atoms with Crippen molar-refractivity contribution in [1.29, 1.82) is 0 Å². The quantitative estimate of drug-likeness (QED) is 0.313. The Morgan fingerprint density at radius 2 is 1.31 bits per heavy atom. The Morgan fingerprint density at radius 3 is 2.03 bits per heavy atom. The summed E-state index contributed by atoms with van der Waals surface area (Å²) in [5.74, 6) is -0.206. The van der Waals surface area contributed by atoms with E-state index in [4.69, 9.17) is 0 Å². The second-order valence-electron chi connectivity index (χ2n) is 9.00. The van der Waals surface area contributed by atoms with Gasteiger partial charge in [-0.2, -0.15) is 5.10 Å². The largest absolute Gasteiger partial charge is 0.297 e. The molecule has 1 aliphatic rings. The van der Waals surface area contributed by atoms with Gasteiger partial charge < -0.3 is 0 Å². The van der Waals surface area contributed by atoms with Crippen LogP contribution in [0.2, 0.25) is 0 Å². The van der Waals surface area contributed by atoms with Crippen molar-refractivity contribution in [1.82, 2.24) is 15.2 Å². The first kappa shape index (κ1) is 23.0. The maximum absolute atomic E-state index is 12.5. The summed E-state index contributed by atoms with van der Waals surface area (Å²) in [4.78, 5) is 17.5. The Morgan fingerprint density at radius 1 is 0.714 bits per heavy atom. The first-order chi connectivity index (χ1) is 17.2. The Labute approximate surface area is 206 Å². The standard InChI is InChI=1S/C30H30N4O/c35-30(32-31-21-28-11-6-10-26-9-4-5-12-29(26)28)27-15-13-25(14-16-27)23-34-19-17-33(18-20-34)22-24-7-2-1-3-8-24/h1-16,21H,17-20,22-23H2,(H,32,35)/b31-21-. The third kappa shape index (κ3) is 6.01. The molecule has 5 heteroatoms. The van der Waals surface area contributed by atoms with Crippen molar-refractivity contribution in [3.8, 4) is 0 Å². The van der Waals surface area contributed by atoms with Crippen LogP contribution >= 0.6 is 0 Å². The SMILES string of the molecule is O=C(N/N=C\c1cccc2ccccc12)c1ccc(CN2CCN(Cc3ccccc3)CC2)cc1. The molecule has 0 aromatic heterocycles. The normalized spacial score (nSPS) is 15.0. The fourth-order valence-electron chi connectivity index (χ4n) is 4.55. The van der Waals surface area contributed by atoms with Gasteiger partial charge in [0.15, 0.2) is 0 Å². The van der Waals surface area contributed by atoms with Crippen LogP contribution in [-0.4, -0.2) is 48.1 Å². The van der Waals surface area contributed by atoms with Gasteiger partial charge in [0.25, 0.3) is 5.91 Å². The summed E-state index contributed by atoms with van der Waals surface area (Å²) >= 11 is 0. The maximum Gasteiger partial charge on any atom is 0.271 e. The number of fused-ring (bicyclic) bond motifs is 1. The van der Waals surface area contributed by atoms with E-state index in [2.05, 4.69) is 68.9 Å². The van der Waals surface area contributed by atoms with Crippen LogP contribution in [0.5, 0.6) is 0 Å². The molecule has 0 bridgehead atoms. The topological polar surface area (TPSA) is 47.9 Å². The molecular formula is C30H30N4O. The highest BCUT2D eigenvalue weighted by molar-refractivity contribution is 6.00. The van der Waals surface area contributed by atoms with E-state index < -0.39 is 0 Å². The summed E-state index contributed by atoms with van der Waals surface area (Å²) in [6.07, 6.45) is 1.70. The van der Waals surface area contributed by atoms with Crippen LogP contribution < -0.4 is 5.43 Å². The van der Waals surface area contributed by atoms with Gasteiger partial charge in [-0.3, -0.25) is 14.6 Å². The minimum Gasteiger partial charge on any atom is -0.297 e. The maximum atomic E-state index is 12.5. The molecule has 0 spiro atoms. The zero-order valence-corrected chi connectivity index (χ0v) is 19.8.